The Morgan fingerprint density at radius 1 is 1.12 bits per heavy atom. The molecule has 0 radical (unpaired) electrons. The van der Waals surface area contributed by atoms with E-state index in [2.05, 4.69) is 5.10 Å². The van der Waals surface area contributed by atoms with E-state index in [1.165, 1.54) is 6.42 Å². The van der Waals surface area contributed by atoms with Crippen molar-refractivity contribution in [2.45, 2.75) is 25.7 Å². The summed E-state index contributed by atoms with van der Waals surface area (Å²) in [5.74, 6) is 0. The molecule has 0 saturated carbocycles. The fraction of sp³-hybridized carbons (Fsp3) is 0.286. The predicted octanol–water partition coefficient (Wildman–Crippen LogP) is 2.56. The number of aldehydes is 1. The first-order valence-electron chi connectivity index (χ1n) is 6.01. The van der Waals surface area contributed by atoms with Crippen molar-refractivity contribution in [1.29, 1.82) is 0 Å². The Balaban J connectivity index is 2.17. The first-order chi connectivity index (χ1) is 8.40. The largest absolute Gasteiger partial charge is 0.296 e. The van der Waals surface area contributed by atoms with Crippen LogP contribution in [0.25, 0.3) is 5.69 Å². The van der Waals surface area contributed by atoms with Crippen LogP contribution in [0.4, 0.5) is 0 Å². The number of nitrogens with zero attached hydrogens (tertiary/aromatic N) is 2. The molecule has 0 bridgehead atoms. The molecule has 0 unspecified atom stereocenters. The second kappa shape index (κ2) is 4.17. The Morgan fingerprint density at radius 2 is 1.88 bits per heavy atom. The number of hydrogen-bond acceptors (Lipinski definition) is 2. The van der Waals surface area contributed by atoms with Gasteiger partial charge in [0.2, 0.25) is 0 Å². The van der Waals surface area contributed by atoms with E-state index in [9.17, 15) is 4.79 Å². The summed E-state index contributed by atoms with van der Waals surface area (Å²) in [4.78, 5) is 11.3. The molecule has 1 aliphatic rings. The zero-order valence-electron chi connectivity index (χ0n) is 9.60. The standard InChI is InChI=1S/C14H14N2O/c17-10-14-12-8-4-5-9-13(12)15-16(14)11-6-2-1-3-7-11/h1-3,6-7,10H,4-5,8-9H2. The Kier molecular flexibility index (Phi) is 2.52. The van der Waals surface area contributed by atoms with Crippen molar-refractivity contribution in [3.63, 3.8) is 0 Å². The molecule has 86 valence electrons. The topological polar surface area (TPSA) is 34.9 Å². The molecule has 17 heavy (non-hydrogen) atoms. The average Bonchev–Trinajstić information content (AvgIpc) is 2.78. The molecule has 0 saturated heterocycles. The van der Waals surface area contributed by atoms with Gasteiger partial charge < -0.3 is 0 Å². The highest BCUT2D eigenvalue weighted by molar-refractivity contribution is 5.76. The van der Waals surface area contributed by atoms with Crippen molar-refractivity contribution in [3.8, 4) is 5.69 Å². The molecule has 1 aliphatic carbocycles. The summed E-state index contributed by atoms with van der Waals surface area (Å²) in [7, 11) is 0. The Hall–Kier alpha value is -1.90. The first kappa shape index (κ1) is 10.3. The lowest BCUT2D eigenvalue weighted by atomic mass is 9.96. The minimum Gasteiger partial charge on any atom is -0.296 e. The van der Waals surface area contributed by atoms with Gasteiger partial charge in [-0.2, -0.15) is 5.10 Å². The van der Waals surface area contributed by atoms with E-state index >= 15 is 0 Å². The van der Waals surface area contributed by atoms with Crippen LogP contribution in [-0.2, 0) is 12.8 Å². The monoisotopic (exact) mass is 226 g/mol. The Morgan fingerprint density at radius 3 is 2.65 bits per heavy atom. The highest BCUT2D eigenvalue weighted by Gasteiger charge is 2.20. The number of benzene rings is 1. The van der Waals surface area contributed by atoms with Crippen molar-refractivity contribution < 1.29 is 4.79 Å². The van der Waals surface area contributed by atoms with Crippen LogP contribution in [0.5, 0.6) is 0 Å². The minimum absolute atomic E-state index is 0.728. The second-order valence-corrected chi connectivity index (χ2v) is 4.38. The van der Waals surface area contributed by atoms with Gasteiger partial charge in [0.1, 0.15) is 5.69 Å². The lowest BCUT2D eigenvalue weighted by Gasteiger charge is -2.08. The van der Waals surface area contributed by atoms with E-state index in [1.54, 1.807) is 4.68 Å². The number of rotatable bonds is 2. The van der Waals surface area contributed by atoms with Gasteiger partial charge in [0.05, 0.1) is 11.4 Å². The third kappa shape index (κ3) is 1.68. The second-order valence-electron chi connectivity index (χ2n) is 4.38. The van der Waals surface area contributed by atoms with Crippen molar-refractivity contribution >= 4 is 6.29 Å². The molecular formula is C14H14N2O. The number of fused-ring (bicyclic) bond motifs is 1. The van der Waals surface area contributed by atoms with Gasteiger partial charge >= 0.3 is 0 Å². The molecule has 2 aromatic rings. The average molecular weight is 226 g/mol. The molecule has 3 nitrogen and oxygen atoms in total. The summed E-state index contributed by atoms with van der Waals surface area (Å²) in [6, 6.07) is 9.85. The van der Waals surface area contributed by atoms with Crippen LogP contribution in [0.15, 0.2) is 30.3 Å². The van der Waals surface area contributed by atoms with Gasteiger partial charge in [0.25, 0.3) is 0 Å². The molecule has 3 rings (SSSR count). The molecule has 0 atom stereocenters. The van der Waals surface area contributed by atoms with Gasteiger partial charge in [-0.3, -0.25) is 4.79 Å². The van der Waals surface area contributed by atoms with Crippen LogP contribution < -0.4 is 0 Å². The van der Waals surface area contributed by atoms with Crippen LogP contribution in [-0.4, -0.2) is 16.1 Å². The van der Waals surface area contributed by atoms with E-state index in [0.717, 1.165) is 48.2 Å². The van der Waals surface area contributed by atoms with Crippen LogP contribution in [0, 0.1) is 0 Å². The highest BCUT2D eigenvalue weighted by Crippen LogP contribution is 2.24. The van der Waals surface area contributed by atoms with Gasteiger partial charge in [-0.15, -0.1) is 0 Å². The minimum atomic E-state index is 0.728. The van der Waals surface area contributed by atoms with Gasteiger partial charge in [-0.05, 0) is 37.8 Å². The summed E-state index contributed by atoms with van der Waals surface area (Å²) >= 11 is 0. The lowest BCUT2D eigenvalue weighted by molar-refractivity contribution is 0.111. The van der Waals surface area contributed by atoms with Crippen molar-refractivity contribution in [3.05, 3.63) is 47.3 Å². The zero-order chi connectivity index (χ0) is 11.7. The van der Waals surface area contributed by atoms with Gasteiger partial charge in [-0.25, -0.2) is 4.68 Å². The number of hydrogen-bond donors (Lipinski definition) is 0. The maximum absolute atomic E-state index is 11.3. The summed E-state index contributed by atoms with van der Waals surface area (Å²) in [6.45, 7) is 0. The highest BCUT2D eigenvalue weighted by atomic mass is 16.1. The van der Waals surface area contributed by atoms with Crippen molar-refractivity contribution in [2.75, 3.05) is 0 Å². The number of carbonyl (C=O) groups is 1. The molecule has 3 heteroatoms. The van der Waals surface area contributed by atoms with Crippen LogP contribution in [0.2, 0.25) is 0 Å². The molecule has 1 aromatic heterocycles. The smallest absolute Gasteiger partial charge is 0.168 e. The summed E-state index contributed by atoms with van der Waals surface area (Å²) in [5.41, 5.74) is 3.94. The van der Waals surface area contributed by atoms with E-state index < -0.39 is 0 Å². The Bertz CT molecular complexity index is 543. The zero-order valence-corrected chi connectivity index (χ0v) is 9.60. The third-order valence-corrected chi connectivity index (χ3v) is 3.31. The van der Waals surface area contributed by atoms with Crippen molar-refractivity contribution in [1.82, 2.24) is 9.78 Å². The molecular weight excluding hydrogens is 212 g/mol. The van der Waals surface area contributed by atoms with E-state index in [1.807, 2.05) is 30.3 Å². The van der Waals surface area contributed by atoms with Gasteiger partial charge in [0, 0.05) is 5.56 Å². The Labute approximate surface area is 100 Å². The maximum Gasteiger partial charge on any atom is 0.168 e. The summed E-state index contributed by atoms with van der Waals surface area (Å²) in [5, 5.41) is 4.58. The SMILES string of the molecule is O=Cc1c2c(nn1-c1ccccc1)CCCC2. The first-order valence-corrected chi connectivity index (χ1v) is 6.01. The quantitative estimate of drug-likeness (QED) is 0.738. The number of para-hydroxylation sites is 1. The third-order valence-electron chi connectivity index (χ3n) is 3.31. The fourth-order valence-electron chi connectivity index (χ4n) is 2.47. The summed E-state index contributed by atoms with van der Waals surface area (Å²) in [6.07, 6.45) is 5.25. The molecule has 1 heterocycles. The lowest BCUT2D eigenvalue weighted by Crippen LogP contribution is -2.03. The number of aryl methyl sites for hydroxylation is 1. The molecule has 1 aromatic carbocycles. The summed E-state index contributed by atoms with van der Waals surface area (Å²) < 4.78 is 1.78. The van der Waals surface area contributed by atoms with E-state index in [-0.39, 0.29) is 0 Å². The van der Waals surface area contributed by atoms with Crippen LogP contribution >= 0.6 is 0 Å². The predicted molar refractivity (Wildman–Crippen MR) is 65.6 cm³/mol. The normalized spacial score (nSPS) is 14.4. The van der Waals surface area contributed by atoms with E-state index in [0.29, 0.717) is 0 Å². The number of aromatic nitrogens is 2. The van der Waals surface area contributed by atoms with Gasteiger partial charge in [0.15, 0.2) is 6.29 Å². The molecule has 0 amide bonds. The van der Waals surface area contributed by atoms with Gasteiger partial charge in [-0.1, -0.05) is 18.2 Å². The molecule has 0 fully saturated rings. The molecule has 0 N–H and O–H groups in total. The molecule has 0 spiro atoms. The van der Waals surface area contributed by atoms with Crippen LogP contribution in [0.3, 0.4) is 0 Å². The number of carbonyl (C=O) groups excluding carboxylic acids is 1. The van der Waals surface area contributed by atoms with Crippen molar-refractivity contribution in [2.24, 2.45) is 0 Å². The maximum atomic E-state index is 11.3. The van der Waals surface area contributed by atoms with Crippen LogP contribution in [0.1, 0.15) is 34.6 Å². The molecule has 0 aliphatic heterocycles. The van der Waals surface area contributed by atoms with E-state index in [4.69, 9.17) is 0 Å². The fourth-order valence-corrected chi connectivity index (χ4v) is 2.47.